The number of nitrogens with zero attached hydrogens (tertiary/aromatic N) is 3. The molecule has 0 aromatic carbocycles. The smallest absolute Gasteiger partial charge is 0.433 e. The average molecular weight is 329 g/mol. The summed E-state index contributed by atoms with van der Waals surface area (Å²) < 4.78 is 37.6. The number of amides is 2. The molecule has 1 aromatic rings. The van der Waals surface area contributed by atoms with Gasteiger partial charge in [0.05, 0.1) is 17.9 Å². The van der Waals surface area contributed by atoms with E-state index in [1.54, 1.807) is 0 Å². The van der Waals surface area contributed by atoms with Gasteiger partial charge in [0, 0.05) is 6.54 Å². The Morgan fingerprint density at radius 1 is 1.35 bits per heavy atom. The molecule has 1 saturated carbocycles. The number of anilines is 1. The van der Waals surface area contributed by atoms with Gasteiger partial charge in [-0.25, -0.2) is 9.78 Å². The van der Waals surface area contributed by atoms with Gasteiger partial charge in [0.1, 0.15) is 12.2 Å². The number of carbonyl (C=O) groups is 2. The van der Waals surface area contributed by atoms with E-state index < -0.39 is 30.4 Å². The normalized spacial score (nSPS) is 21.9. The molecule has 2 amide bonds. The Bertz CT molecular complexity index is 628. The molecule has 2 heterocycles. The van der Waals surface area contributed by atoms with Crippen molar-refractivity contribution in [1.29, 1.82) is 0 Å². The van der Waals surface area contributed by atoms with Crippen LogP contribution in [-0.4, -0.2) is 46.1 Å². The van der Waals surface area contributed by atoms with Gasteiger partial charge in [0.2, 0.25) is 0 Å². The number of halogens is 3. The molecule has 0 unspecified atom stereocenters. The highest BCUT2D eigenvalue weighted by Crippen LogP contribution is 2.39. The fourth-order valence-electron chi connectivity index (χ4n) is 2.81. The van der Waals surface area contributed by atoms with Crippen molar-refractivity contribution in [1.82, 2.24) is 9.88 Å². The number of aliphatic carboxylic acids is 1. The van der Waals surface area contributed by atoms with Gasteiger partial charge in [0.15, 0.2) is 0 Å². The van der Waals surface area contributed by atoms with Crippen molar-refractivity contribution in [3.8, 4) is 0 Å². The van der Waals surface area contributed by atoms with Gasteiger partial charge in [-0.2, -0.15) is 13.2 Å². The van der Waals surface area contributed by atoms with Crippen molar-refractivity contribution in [3.05, 3.63) is 24.0 Å². The Labute approximate surface area is 129 Å². The van der Waals surface area contributed by atoms with E-state index in [0.717, 1.165) is 25.1 Å². The lowest BCUT2D eigenvalue weighted by Gasteiger charge is -2.20. The van der Waals surface area contributed by atoms with E-state index in [1.807, 2.05) is 0 Å². The highest BCUT2D eigenvalue weighted by Gasteiger charge is 2.46. The number of carbonyl (C=O) groups excluding carboxylic acids is 1. The second kappa shape index (κ2) is 5.39. The van der Waals surface area contributed by atoms with E-state index in [9.17, 15) is 22.8 Å². The number of hydrogen-bond acceptors (Lipinski definition) is 3. The van der Waals surface area contributed by atoms with Crippen LogP contribution in [0, 0.1) is 5.92 Å². The zero-order valence-corrected chi connectivity index (χ0v) is 12.0. The molecule has 1 N–H and O–H groups in total. The molecule has 3 rings (SSSR count). The largest absolute Gasteiger partial charge is 0.480 e. The van der Waals surface area contributed by atoms with Crippen LogP contribution in [0.1, 0.15) is 18.5 Å². The zero-order chi connectivity index (χ0) is 16.8. The number of rotatable bonds is 4. The standard InChI is InChI=1S/C14H14F3N3O3/c15-14(16,17)11-4-3-9(5-18-11)19-6-10(8-1-2-8)20(13(19)23)7-12(21)22/h3-5,8,10H,1-2,6-7H2,(H,21,22)/t10-/m1/s1. The van der Waals surface area contributed by atoms with Gasteiger partial charge in [-0.1, -0.05) is 0 Å². The number of carboxylic acid groups (broad SMARTS) is 1. The first-order valence-electron chi connectivity index (χ1n) is 7.10. The van der Waals surface area contributed by atoms with Crippen LogP contribution in [-0.2, 0) is 11.0 Å². The first-order valence-corrected chi connectivity index (χ1v) is 7.10. The number of urea groups is 1. The predicted octanol–water partition coefficient (Wildman–Crippen LogP) is 2.21. The van der Waals surface area contributed by atoms with Crippen LogP contribution < -0.4 is 4.90 Å². The van der Waals surface area contributed by atoms with E-state index in [0.29, 0.717) is 0 Å². The average Bonchev–Trinajstić information content (AvgIpc) is 3.25. The number of hydrogen-bond donors (Lipinski definition) is 1. The summed E-state index contributed by atoms with van der Waals surface area (Å²) in [7, 11) is 0. The summed E-state index contributed by atoms with van der Waals surface area (Å²) in [5.41, 5.74) is -0.796. The summed E-state index contributed by atoms with van der Waals surface area (Å²) in [6.45, 7) is -0.144. The van der Waals surface area contributed by atoms with Crippen molar-refractivity contribution in [2.75, 3.05) is 18.0 Å². The van der Waals surface area contributed by atoms with Crippen LogP contribution in [0.5, 0.6) is 0 Å². The van der Waals surface area contributed by atoms with Crippen LogP contribution in [0.25, 0.3) is 0 Å². The van der Waals surface area contributed by atoms with Crippen LogP contribution >= 0.6 is 0 Å². The van der Waals surface area contributed by atoms with Crippen LogP contribution in [0.2, 0.25) is 0 Å². The van der Waals surface area contributed by atoms with Gasteiger partial charge >= 0.3 is 18.2 Å². The Balaban J connectivity index is 1.82. The number of aromatic nitrogens is 1. The molecule has 2 fully saturated rings. The molecule has 1 saturated heterocycles. The van der Waals surface area contributed by atoms with Crippen LogP contribution in [0.15, 0.2) is 18.3 Å². The molecule has 1 aliphatic heterocycles. The first kappa shape index (κ1) is 15.6. The van der Waals surface area contributed by atoms with Gasteiger partial charge in [-0.15, -0.1) is 0 Å². The summed E-state index contributed by atoms with van der Waals surface area (Å²) in [5.74, 6) is -0.859. The fourth-order valence-corrected chi connectivity index (χ4v) is 2.81. The summed E-state index contributed by atoms with van der Waals surface area (Å²) in [5, 5.41) is 8.94. The molecule has 0 radical (unpaired) electrons. The summed E-state index contributed by atoms with van der Waals surface area (Å²) in [4.78, 5) is 29.3. The van der Waals surface area contributed by atoms with E-state index in [2.05, 4.69) is 4.98 Å². The lowest BCUT2D eigenvalue weighted by Crippen LogP contribution is -2.39. The van der Waals surface area contributed by atoms with Crippen LogP contribution in [0.4, 0.5) is 23.7 Å². The highest BCUT2D eigenvalue weighted by atomic mass is 19.4. The van der Waals surface area contributed by atoms with Crippen LogP contribution in [0.3, 0.4) is 0 Å². The van der Waals surface area contributed by atoms with Gasteiger partial charge < -0.3 is 10.0 Å². The number of pyridine rings is 1. The van der Waals surface area contributed by atoms with E-state index in [1.165, 1.54) is 15.9 Å². The molecular formula is C14H14F3N3O3. The predicted molar refractivity (Wildman–Crippen MR) is 72.8 cm³/mol. The topological polar surface area (TPSA) is 73.7 Å². The van der Waals surface area contributed by atoms with E-state index in [4.69, 9.17) is 5.11 Å². The Hall–Kier alpha value is -2.32. The molecule has 6 nitrogen and oxygen atoms in total. The molecule has 0 spiro atoms. The van der Waals surface area contributed by atoms with E-state index >= 15 is 0 Å². The Kier molecular flexibility index (Phi) is 3.65. The zero-order valence-electron chi connectivity index (χ0n) is 12.0. The van der Waals surface area contributed by atoms with Crippen molar-refractivity contribution >= 4 is 17.7 Å². The maximum atomic E-state index is 12.5. The summed E-state index contributed by atoms with van der Waals surface area (Å²) in [6, 6.07) is 1.27. The maximum Gasteiger partial charge on any atom is 0.433 e. The molecule has 1 aliphatic carbocycles. The molecule has 23 heavy (non-hydrogen) atoms. The summed E-state index contributed by atoms with van der Waals surface area (Å²) >= 11 is 0. The molecule has 2 aliphatic rings. The monoisotopic (exact) mass is 329 g/mol. The molecule has 124 valence electrons. The lowest BCUT2D eigenvalue weighted by atomic mass is 10.1. The molecular weight excluding hydrogens is 315 g/mol. The third kappa shape index (κ3) is 3.08. The number of carboxylic acids is 1. The van der Waals surface area contributed by atoms with Gasteiger partial charge in [0.25, 0.3) is 0 Å². The highest BCUT2D eigenvalue weighted by molar-refractivity contribution is 5.96. The molecule has 9 heteroatoms. The molecule has 1 aromatic heterocycles. The second-order valence-electron chi connectivity index (χ2n) is 5.72. The second-order valence-corrected chi connectivity index (χ2v) is 5.72. The minimum absolute atomic E-state index is 0.221. The Morgan fingerprint density at radius 2 is 2.04 bits per heavy atom. The Morgan fingerprint density at radius 3 is 2.52 bits per heavy atom. The maximum absolute atomic E-state index is 12.5. The molecule has 0 bridgehead atoms. The summed E-state index contributed by atoms with van der Waals surface area (Å²) in [6.07, 6.45) is -1.70. The van der Waals surface area contributed by atoms with Crippen molar-refractivity contribution in [2.45, 2.75) is 25.1 Å². The fraction of sp³-hybridized carbons (Fsp3) is 0.500. The van der Waals surface area contributed by atoms with Crippen molar-refractivity contribution < 1.29 is 27.9 Å². The lowest BCUT2D eigenvalue weighted by molar-refractivity contribution is -0.141. The van der Waals surface area contributed by atoms with Gasteiger partial charge in [-0.05, 0) is 30.9 Å². The minimum Gasteiger partial charge on any atom is -0.480 e. The van der Waals surface area contributed by atoms with Crippen molar-refractivity contribution in [2.24, 2.45) is 5.92 Å². The SMILES string of the molecule is O=C(O)CN1C(=O)N(c2ccc(C(F)(F)F)nc2)C[C@@H]1C1CC1. The van der Waals surface area contributed by atoms with Crippen molar-refractivity contribution in [3.63, 3.8) is 0 Å². The first-order chi connectivity index (χ1) is 10.8. The number of alkyl halides is 3. The minimum atomic E-state index is -4.54. The third-order valence-electron chi connectivity index (χ3n) is 4.07. The van der Waals surface area contributed by atoms with Gasteiger partial charge in [-0.3, -0.25) is 9.69 Å². The molecule has 1 atom stereocenters. The third-order valence-corrected chi connectivity index (χ3v) is 4.07. The quantitative estimate of drug-likeness (QED) is 0.919. The van der Waals surface area contributed by atoms with E-state index in [-0.39, 0.29) is 24.2 Å².